The largest absolute Gasteiger partial charge is 0.461 e. The van der Waals surface area contributed by atoms with E-state index in [1.165, 1.54) is 31.5 Å². The van der Waals surface area contributed by atoms with Crippen LogP contribution in [0.2, 0.25) is 0 Å². The predicted octanol–water partition coefficient (Wildman–Crippen LogP) is 3.02. The predicted molar refractivity (Wildman–Crippen MR) is 73.8 cm³/mol. The lowest BCUT2D eigenvalue weighted by atomic mass is 10.3. The minimum atomic E-state index is -4.88. The van der Waals surface area contributed by atoms with Gasteiger partial charge in [-0.15, -0.1) is 0 Å². The van der Waals surface area contributed by atoms with Gasteiger partial charge in [-0.2, -0.15) is 13.9 Å². The number of alkyl halides is 5. The maximum atomic E-state index is 13.5. The normalized spacial score (nSPS) is 12.9. The summed E-state index contributed by atoms with van der Waals surface area (Å²) >= 11 is 0. The van der Waals surface area contributed by atoms with Gasteiger partial charge in [0.1, 0.15) is 0 Å². The Hall–Kier alpha value is -2.72. The zero-order valence-electron chi connectivity index (χ0n) is 12.7. The second-order valence-electron chi connectivity index (χ2n) is 4.62. The lowest BCUT2D eigenvalue weighted by Crippen LogP contribution is -2.41. The summed E-state index contributed by atoms with van der Waals surface area (Å²) in [5, 5.41) is 3.72. The van der Waals surface area contributed by atoms with Crippen molar-refractivity contribution in [2.45, 2.75) is 25.6 Å². The molecule has 0 spiro atoms. The van der Waals surface area contributed by atoms with Crippen LogP contribution in [0.4, 0.5) is 22.0 Å². The molecule has 1 atom stereocenters. The van der Waals surface area contributed by atoms with Crippen molar-refractivity contribution in [3.63, 3.8) is 0 Å². The molecule has 0 aliphatic heterocycles. The highest BCUT2D eigenvalue weighted by Crippen LogP contribution is 2.32. The molecule has 0 bridgehead atoms. The molecule has 0 radical (unpaired) electrons. The number of carbonyl (C=O) groups excluding carboxylic acids is 1. The number of aromatic nitrogens is 3. The van der Waals surface area contributed by atoms with Crippen LogP contribution < -0.4 is 4.74 Å². The van der Waals surface area contributed by atoms with Gasteiger partial charge in [0.25, 0.3) is 12.6 Å². The summed E-state index contributed by atoms with van der Waals surface area (Å²) in [6, 6.07) is 2.98. The van der Waals surface area contributed by atoms with Crippen LogP contribution in [0, 0.1) is 0 Å². The van der Waals surface area contributed by atoms with Crippen molar-refractivity contribution < 1.29 is 36.2 Å². The molecule has 0 fully saturated rings. The maximum Gasteiger partial charge on any atom is 0.435 e. The third kappa shape index (κ3) is 4.22. The molecule has 11 heteroatoms. The van der Waals surface area contributed by atoms with E-state index in [1.807, 2.05) is 0 Å². The third-order valence-corrected chi connectivity index (χ3v) is 2.85. The first kappa shape index (κ1) is 18.6. The monoisotopic (exact) mass is 365 g/mol. The first-order valence-corrected chi connectivity index (χ1v) is 6.92. The number of pyridine rings is 1. The third-order valence-electron chi connectivity index (χ3n) is 2.85. The van der Waals surface area contributed by atoms with Crippen LogP contribution in [-0.2, 0) is 4.74 Å². The molecule has 2 rings (SSSR count). The summed E-state index contributed by atoms with van der Waals surface area (Å²) in [6.45, 7) is 1.36. The van der Waals surface area contributed by atoms with Gasteiger partial charge in [-0.25, -0.2) is 22.6 Å². The average molecular weight is 365 g/mol. The highest BCUT2D eigenvalue weighted by molar-refractivity contribution is 5.90. The molecular weight excluding hydrogens is 353 g/mol. The van der Waals surface area contributed by atoms with Crippen molar-refractivity contribution in [3.8, 4) is 11.4 Å². The maximum absolute atomic E-state index is 13.5. The highest BCUT2D eigenvalue weighted by atomic mass is 19.3. The number of rotatable bonds is 7. The Morgan fingerprint density at radius 3 is 2.64 bits per heavy atom. The number of halogens is 5. The van der Waals surface area contributed by atoms with Gasteiger partial charge in [0.2, 0.25) is 5.69 Å². The number of hydrogen-bond acceptors (Lipinski definition) is 5. The first-order valence-electron chi connectivity index (χ1n) is 6.92. The molecule has 2 aromatic rings. The van der Waals surface area contributed by atoms with Crippen molar-refractivity contribution in [1.29, 1.82) is 0 Å². The second kappa shape index (κ2) is 7.45. The lowest BCUT2D eigenvalue weighted by molar-refractivity contribution is -0.244. The molecule has 0 aliphatic rings. The van der Waals surface area contributed by atoms with E-state index in [-0.39, 0.29) is 12.3 Å². The van der Waals surface area contributed by atoms with E-state index >= 15 is 0 Å². The van der Waals surface area contributed by atoms with E-state index in [4.69, 9.17) is 0 Å². The van der Waals surface area contributed by atoms with Gasteiger partial charge in [-0.05, 0) is 19.1 Å². The molecule has 0 N–H and O–H groups in total. The molecular formula is C14H12F5N3O3. The Kier molecular flexibility index (Phi) is 5.55. The van der Waals surface area contributed by atoms with Crippen molar-refractivity contribution in [1.82, 2.24) is 14.8 Å². The van der Waals surface area contributed by atoms with E-state index in [2.05, 4.69) is 19.6 Å². The van der Waals surface area contributed by atoms with E-state index in [0.29, 0.717) is 0 Å². The molecule has 136 valence electrons. The Balaban J connectivity index is 2.41. The topological polar surface area (TPSA) is 66.2 Å². The Labute approximate surface area is 138 Å². The van der Waals surface area contributed by atoms with Crippen molar-refractivity contribution in [3.05, 3.63) is 36.4 Å². The van der Waals surface area contributed by atoms with E-state index in [1.54, 1.807) is 0 Å². The van der Waals surface area contributed by atoms with Gasteiger partial charge < -0.3 is 9.47 Å². The number of ether oxygens (including phenoxy) is 2. The zero-order valence-corrected chi connectivity index (χ0v) is 12.7. The van der Waals surface area contributed by atoms with Crippen LogP contribution in [0.3, 0.4) is 0 Å². The second-order valence-corrected chi connectivity index (χ2v) is 4.62. The number of carbonyl (C=O) groups is 1. The first-order chi connectivity index (χ1) is 11.8. The number of esters is 1. The van der Waals surface area contributed by atoms with Gasteiger partial charge in [0.15, 0.2) is 5.75 Å². The summed E-state index contributed by atoms with van der Waals surface area (Å²) in [4.78, 5) is 15.6. The smallest absolute Gasteiger partial charge is 0.435 e. The fourth-order valence-corrected chi connectivity index (χ4v) is 1.74. The summed E-state index contributed by atoms with van der Waals surface area (Å²) < 4.78 is 74.1. The van der Waals surface area contributed by atoms with E-state index in [0.717, 1.165) is 10.9 Å². The molecule has 6 nitrogen and oxygen atoms in total. The fraction of sp³-hybridized carbons (Fsp3) is 0.357. The summed E-state index contributed by atoms with van der Waals surface area (Å²) in [5.41, 5.74) is -0.455. The van der Waals surface area contributed by atoms with Crippen LogP contribution in [-0.4, -0.2) is 46.0 Å². The zero-order chi connectivity index (χ0) is 18.6. The quantitative estimate of drug-likeness (QED) is 0.557. The van der Waals surface area contributed by atoms with Gasteiger partial charge >= 0.3 is 12.1 Å². The molecule has 2 aromatic heterocycles. The van der Waals surface area contributed by atoms with Gasteiger partial charge in [-0.1, -0.05) is 0 Å². The summed E-state index contributed by atoms with van der Waals surface area (Å²) in [5.74, 6) is -2.04. The Morgan fingerprint density at radius 2 is 2.08 bits per heavy atom. The van der Waals surface area contributed by atoms with Crippen LogP contribution in [0.5, 0.6) is 5.75 Å². The summed E-state index contributed by atoms with van der Waals surface area (Å²) in [7, 11) is 0. The molecule has 0 saturated heterocycles. The van der Waals surface area contributed by atoms with E-state index in [9.17, 15) is 26.7 Å². The molecule has 25 heavy (non-hydrogen) atoms. The van der Waals surface area contributed by atoms with Crippen molar-refractivity contribution in [2.24, 2.45) is 0 Å². The molecule has 0 amide bonds. The molecule has 0 aliphatic carbocycles. The average Bonchev–Trinajstić information content (AvgIpc) is 2.98. The minimum absolute atomic E-state index is 0.100. The van der Waals surface area contributed by atoms with Crippen LogP contribution in [0.15, 0.2) is 30.7 Å². The fourth-order valence-electron chi connectivity index (χ4n) is 1.74. The van der Waals surface area contributed by atoms with Crippen molar-refractivity contribution in [2.75, 3.05) is 6.61 Å². The molecule has 1 unspecified atom stereocenters. The van der Waals surface area contributed by atoms with Gasteiger partial charge in [-0.3, -0.25) is 4.98 Å². The van der Waals surface area contributed by atoms with Crippen molar-refractivity contribution >= 4 is 5.97 Å². The molecule has 2 heterocycles. The SMILES string of the molecule is CCOC(=O)c1nn(-c2cccnc2)cc1OC(F)(F)C(F)C(F)F. The summed E-state index contributed by atoms with van der Waals surface area (Å²) in [6.07, 6.45) is -9.20. The van der Waals surface area contributed by atoms with Crippen LogP contribution in [0.25, 0.3) is 5.69 Å². The van der Waals surface area contributed by atoms with E-state index < -0.39 is 36.1 Å². The van der Waals surface area contributed by atoms with Crippen LogP contribution in [0.1, 0.15) is 17.4 Å². The van der Waals surface area contributed by atoms with Gasteiger partial charge in [0, 0.05) is 6.20 Å². The number of hydrogen-bond donors (Lipinski definition) is 0. The van der Waals surface area contributed by atoms with Gasteiger partial charge in [0.05, 0.1) is 24.7 Å². The Morgan fingerprint density at radius 1 is 1.36 bits per heavy atom. The lowest BCUT2D eigenvalue weighted by Gasteiger charge is -2.20. The Bertz CT molecular complexity index is 724. The highest BCUT2D eigenvalue weighted by Gasteiger charge is 2.50. The minimum Gasteiger partial charge on any atom is -0.461 e. The molecule has 0 saturated carbocycles. The number of nitrogens with zero attached hydrogens (tertiary/aromatic N) is 3. The van der Waals surface area contributed by atoms with Crippen LogP contribution >= 0.6 is 0 Å². The molecule has 0 aromatic carbocycles. The standard InChI is InChI=1S/C14H12F5N3O3/c1-2-24-13(23)10-9(25-14(18,19)11(15)12(16)17)7-22(21-10)8-4-3-5-20-6-8/h3-7,11-12H,2H2,1H3.